The fourth-order valence-corrected chi connectivity index (χ4v) is 1.22. The molecule has 1 rings (SSSR count). The SMILES string of the molecule is CC(=O)CCOCCn1cc(COCC[18F])nn1. The van der Waals surface area contributed by atoms with Gasteiger partial charge in [-0.15, -0.1) is 5.10 Å². The lowest BCUT2D eigenvalue weighted by atomic mass is 10.3. The van der Waals surface area contributed by atoms with Gasteiger partial charge < -0.3 is 9.47 Å². The van der Waals surface area contributed by atoms with E-state index in [4.69, 9.17) is 9.47 Å². The van der Waals surface area contributed by atoms with Crippen molar-refractivity contribution in [1.82, 2.24) is 15.0 Å². The molecular formula is C11H18FN3O3. The fraction of sp³-hybridized carbons (Fsp3) is 0.727. The molecule has 1 heterocycles. The predicted molar refractivity (Wildman–Crippen MR) is 61.8 cm³/mol. The molecule has 0 amide bonds. The molecule has 0 saturated heterocycles. The van der Waals surface area contributed by atoms with E-state index in [0.29, 0.717) is 31.9 Å². The van der Waals surface area contributed by atoms with Crippen molar-refractivity contribution in [2.45, 2.75) is 26.5 Å². The van der Waals surface area contributed by atoms with Crippen LogP contribution in [-0.4, -0.2) is 47.3 Å². The van der Waals surface area contributed by atoms with E-state index in [1.807, 2.05) is 0 Å². The molecule has 0 radical (unpaired) electrons. The maximum atomic E-state index is 11.8. The summed E-state index contributed by atoms with van der Waals surface area (Å²) in [6.45, 7) is 2.82. The number of aromatic nitrogens is 3. The number of carbonyl (C=O) groups excluding carboxylic acids is 1. The van der Waals surface area contributed by atoms with E-state index < -0.39 is 6.67 Å². The molecule has 102 valence electrons. The van der Waals surface area contributed by atoms with Gasteiger partial charge in [0.2, 0.25) is 0 Å². The van der Waals surface area contributed by atoms with E-state index in [0.717, 1.165) is 0 Å². The van der Waals surface area contributed by atoms with Crippen LogP contribution in [0.4, 0.5) is 4.39 Å². The Kier molecular flexibility index (Phi) is 7.12. The number of ketones is 1. The highest BCUT2D eigenvalue weighted by molar-refractivity contribution is 5.75. The summed E-state index contributed by atoms with van der Waals surface area (Å²) in [6, 6.07) is 0. The Bertz CT molecular complexity index is 357. The zero-order valence-electron chi connectivity index (χ0n) is 10.5. The van der Waals surface area contributed by atoms with Gasteiger partial charge in [0.25, 0.3) is 0 Å². The molecule has 1 aromatic rings. The third kappa shape index (κ3) is 6.41. The second kappa shape index (κ2) is 8.71. The molecular weight excluding hydrogens is 240 g/mol. The fourth-order valence-electron chi connectivity index (χ4n) is 1.22. The summed E-state index contributed by atoms with van der Waals surface area (Å²) in [5.41, 5.74) is 0.659. The van der Waals surface area contributed by atoms with Gasteiger partial charge in [0.1, 0.15) is 18.2 Å². The summed E-state index contributed by atoms with van der Waals surface area (Å²) in [5.74, 6) is 0.114. The van der Waals surface area contributed by atoms with E-state index in [9.17, 15) is 9.18 Å². The Balaban J connectivity index is 2.13. The van der Waals surface area contributed by atoms with Crippen molar-refractivity contribution < 1.29 is 18.7 Å². The lowest BCUT2D eigenvalue weighted by Gasteiger charge is -2.02. The molecule has 7 heteroatoms. The van der Waals surface area contributed by atoms with Crippen molar-refractivity contribution in [2.24, 2.45) is 0 Å². The van der Waals surface area contributed by atoms with Crippen LogP contribution < -0.4 is 0 Å². The van der Waals surface area contributed by atoms with Crippen LogP contribution in [0.3, 0.4) is 0 Å². The lowest BCUT2D eigenvalue weighted by molar-refractivity contribution is -0.118. The first-order valence-electron chi connectivity index (χ1n) is 5.82. The summed E-state index contributed by atoms with van der Waals surface area (Å²) in [5, 5.41) is 7.74. The van der Waals surface area contributed by atoms with Crippen LogP contribution in [0.5, 0.6) is 0 Å². The van der Waals surface area contributed by atoms with Crippen molar-refractivity contribution in [1.29, 1.82) is 0 Å². The third-order valence-electron chi connectivity index (χ3n) is 2.12. The van der Waals surface area contributed by atoms with Crippen LogP contribution in [-0.2, 0) is 27.4 Å². The third-order valence-corrected chi connectivity index (χ3v) is 2.12. The Morgan fingerprint density at radius 1 is 1.39 bits per heavy atom. The van der Waals surface area contributed by atoms with Gasteiger partial charge in [0.05, 0.1) is 39.2 Å². The zero-order chi connectivity index (χ0) is 13.2. The molecule has 18 heavy (non-hydrogen) atoms. The van der Waals surface area contributed by atoms with Gasteiger partial charge in [-0.2, -0.15) is 0 Å². The number of rotatable bonds is 10. The molecule has 0 spiro atoms. The van der Waals surface area contributed by atoms with E-state index in [1.165, 1.54) is 6.92 Å². The van der Waals surface area contributed by atoms with Crippen molar-refractivity contribution in [3.63, 3.8) is 0 Å². The van der Waals surface area contributed by atoms with Crippen LogP contribution in [0.2, 0.25) is 0 Å². The number of carbonyl (C=O) groups is 1. The standard InChI is InChI=1S/C11H18FN3O3/c1-10(16)2-5-17-7-4-15-8-11(13-14-15)9-18-6-3-12/h8H,2-7,9H2,1H3/i12-1. The maximum Gasteiger partial charge on any atom is 0.132 e. The predicted octanol–water partition coefficient (Wildman–Crippen LogP) is 0.760. The van der Waals surface area contributed by atoms with Gasteiger partial charge in [-0.1, -0.05) is 5.21 Å². The van der Waals surface area contributed by atoms with Gasteiger partial charge in [-0.3, -0.25) is 4.79 Å². The second-order valence-corrected chi connectivity index (χ2v) is 3.78. The highest BCUT2D eigenvalue weighted by Gasteiger charge is 2.01. The Labute approximate surface area is 105 Å². The highest BCUT2D eigenvalue weighted by Crippen LogP contribution is 1.96. The van der Waals surface area contributed by atoms with E-state index in [1.54, 1.807) is 10.9 Å². The van der Waals surface area contributed by atoms with Crippen LogP contribution >= 0.6 is 0 Å². The van der Waals surface area contributed by atoms with Gasteiger partial charge in [-0.05, 0) is 6.92 Å². The first kappa shape index (κ1) is 14.7. The first-order valence-corrected chi connectivity index (χ1v) is 5.82. The molecule has 0 aromatic carbocycles. The lowest BCUT2D eigenvalue weighted by Crippen LogP contribution is -2.08. The summed E-state index contributed by atoms with van der Waals surface area (Å²) in [6.07, 6.45) is 2.16. The monoisotopic (exact) mass is 258 g/mol. The minimum Gasteiger partial charge on any atom is -0.379 e. The number of alkyl halides is 1. The average Bonchev–Trinajstić information content (AvgIpc) is 2.77. The number of hydrogen-bond acceptors (Lipinski definition) is 5. The van der Waals surface area contributed by atoms with Gasteiger partial charge in [0.15, 0.2) is 0 Å². The first-order chi connectivity index (χ1) is 8.72. The van der Waals surface area contributed by atoms with E-state index >= 15 is 0 Å². The summed E-state index contributed by atoms with van der Waals surface area (Å²) in [4.78, 5) is 10.7. The van der Waals surface area contributed by atoms with Crippen molar-refractivity contribution in [3.05, 3.63) is 11.9 Å². The topological polar surface area (TPSA) is 66.2 Å². The molecule has 0 saturated carbocycles. The number of hydrogen-bond donors (Lipinski definition) is 0. The number of nitrogens with zero attached hydrogens (tertiary/aromatic N) is 3. The Morgan fingerprint density at radius 2 is 2.22 bits per heavy atom. The molecule has 0 aliphatic heterocycles. The average molecular weight is 258 g/mol. The van der Waals surface area contributed by atoms with Crippen molar-refractivity contribution in [3.8, 4) is 0 Å². The molecule has 0 aliphatic rings. The van der Waals surface area contributed by atoms with Crippen LogP contribution in [0.25, 0.3) is 0 Å². The smallest absolute Gasteiger partial charge is 0.132 e. The molecule has 0 fully saturated rings. The summed E-state index contributed by atoms with van der Waals surface area (Å²) < 4.78 is 23.7. The maximum absolute atomic E-state index is 11.8. The summed E-state index contributed by atoms with van der Waals surface area (Å²) >= 11 is 0. The molecule has 0 N–H and O–H groups in total. The van der Waals surface area contributed by atoms with Crippen LogP contribution in [0.1, 0.15) is 19.0 Å². The Morgan fingerprint density at radius 3 is 2.94 bits per heavy atom. The molecule has 0 atom stereocenters. The number of halogens is 1. The van der Waals surface area contributed by atoms with Crippen molar-refractivity contribution in [2.75, 3.05) is 26.5 Å². The normalized spacial score (nSPS) is 10.8. The number of ether oxygens (including phenoxy) is 2. The molecule has 0 aliphatic carbocycles. The minimum atomic E-state index is -0.502. The molecule has 6 nitrogen and oxygen atoms in total. The quantitative estimate of drug-likeness (QED) is 0.580. The number of Topliss-reactive ketones (excluding diaryl/α,β-unsaturated/α-hetero) is 1. The van der Waals surface area contributed by atoms with Crippen LogP contribution in [0, 0.1) is 0 Å². The Hall–Kier alpha value is -1.34. The van der Waals surface area contributed by atoms with Crippen LogP contribution in [0.15, 0.2) is 6.20 Å². The largest absolute Gasteiger partial charge is 0.379 e. The van der Waals surface area contributed by atoms with Gasteiger partial charge in [0, 0.05) is 6.42 Å². The van der Waals surface area contributed by atoms with Crippen molar-refractivity contribution >= 4 is 5.78 Å². The second-order valence-electron chi connectivity index (χ2n) is 3.78. The van der Waals surface area contributed by atoms with Gasteiger partial charge >= 0.3 is 0 Å². The zero-order valence-corrected chi connectivity index (χ0v) is 10.5. The highest BCUT2D eigenvalue weighted by atomic mass is 18.2. The molecule has 0 bridgehead atoms. The van der Waals surface area contributed by atoms with E-state index in [2.05, 4.69) is 10.3 Å². The minimum absolute atomic E-state index is 0.0705. The van der Waals surface area contributed by atoms with E-state index in [-0.39, 0.29) is 19.0 Å². The summed E-state index contributed by atoms with van der Waals surface area (Å²) in [7, 11) is 0. The molecule has 1 aromatic heterocycles. The van der Waals surface area contributed by atoms with Gasteiger partial charge in [-0.25, -0.2) is 9.07 Å². The molecule has 0 unspecified atom stereocenters.